The maximum atomic E-state index is 12.4. The Balaban J connectivity index is 2.03. The number of hydrogen-bond acceptors (Lipinski definition) is 4. The average Bonchev–Trinajstić information content (AvgIpc) is 2.95. The highest BCUT2D eigenvalue weighted by atomic mass is 32.2. The van der Waals surface area contributed by atoms with Gasteiger partial charge in [-0.25, -0.2) is 4.98 Å². The summed E-state index contributed by atoms with van der Waals surface area (Å²) in [5.41, 5.74) is 4.33. The molecule has 1 saturated heterocycles. The van der Waals surface area contributed by atoms with Gasteiger partial charge in [-0.2, -0.15) is 0 Å². The second kappa shape index (κ2) is 6.53. The molecule has 1 fully saturated rings. The largest absolute Gasteiger partial charge is 0.303 e. The summed E-state index contributed by atoms with van der Waals surface area (Å²) in [7, 11) is 0. The lowest BCUT2D eigenvalue weighted by Crippen LogP contribution is -2.27. The SMILES string of the molecule is CCN1C(=O)/C(=C/c2cc(C)n(-c3cc(C)ccn3)c2C)SC1=S. The Morgan fingerprint density at radius 1 is 1.29 bits per heavy atom. The van der Waals surface area contributed by atoms with E-state index in [2.05, 4.69) is 28.6 Å². The van der Waals surface area contributed by atoms with E-state index < -0.39 is 0 Å². The molecule has 4 nitrogen and oxygen atoms in total. The summed E-state index contributed by atoms with van der Waals surface area (Å²) in [4.78, 5) is 19.2. The summed E-state index contributed by atoms with van der Waals surface area (Å²) in [5.74, 6) is 0.886. The molecule has 2 aromatic rings. The predicted octanol–water partition coefficient (Wildman–Crippen LogP) is 4.02. The first-order chi connectivity index (χ1) is 11.4. The highest BCUT2D eigenvalue weighted by Gasteiger charge is 2.30. The maximum Gasteiger partial charge on any atom is 0.266 e. The van der Waals surface area contributed by atoms with Crippen LogP contribution >= 0.6 is 24.0 Å². The van der Waals surface area contributed by atoms with Crippen LogP contribution in [0, 0.1) is 20.8 Å². The third kappa shape index (κ3) is 2.91. The first kappa shape index (κ1) is 16.9. The number of nitrogens with zero attached hydrogens (tertiary/aromatic N) is 3. The molecular weight excluding hydrogens is 338 g/mol. The molecule has 1 aliphatic heterocycles. The van der Waals surface area contributed by atoms with Crippen LogP contribution in [0.25, 0.3) is 11.9 Å². The van der Waals surface area contributed by atoms with Gasteiger partial charge in [0.1, 0.15) is 10.1 Å². The van der Waals surface area contributed by atoms with Crippen LogP contribution in [0.5, 0.6) is 0 Å². The molecule has 1 amide bonds. The molecule has 3 rings (SSSR count). The molecule has 24 heavy (non-hydrogen) atoms. The fourth-order valence-electron chi connectivity index (χ4n) is 2.84. The Bertz CT molecular complexity index is 867. The van der Waals surface area contributed by atoms with Crippen LogP contribution in [0.2, 0.25) is 0 Å². The number of aromatic nitrogens is 2. The maximum absolute atomic E-state index is 12.4. The molecule has 124 valence electrons. The second-order valence-corrected chi connectivity index (χ2v) is 7.46. The van der Waals surface area contributed by atoms with E-state index in [9.17, 15) is 4.79 Å². The van der Waals surface area contributed by atoms with Gasteiger partial charge in [0, 0.05) is 24.1 Å². The van der Waals surface area contributed by atoms with Crippen LogP contribution in [0.3, 0.4) is 0 Å². The molecule has 0 unspecified atom stereocenters. The molecule has 0 radical (unpaired) electrons. The van der Waals surface area contributed by atoms with E-state index in [1.807, 2.05) is 39.1 Å². The highest BCUT2D eigenvalue weighted by molar-refractivity contribution is 8.26. The van der Waals surface area contributed by atoms with Crippen molar-refractivity contribution in [3.63, 3.8) is 0 Å². The van der Waals surface area contributed by atoms with Crippen LogP contribution in [-0.4, -0.2) is 31.2 Å². The Hall–Kier alpha value is -1.92. The van der Waals surface area contributed by atoms with Crippen molar-refractivity contribution in [3.05, 3.63) is 51.8 Å². The van der Waals surface area contributed by atoms with E-state index >= 15 is 0 Å². The lowest BCUT2D eigenvalue weighted by molar-refractivity contribution is -0.121. The van der Waals surface area contributed by atoms with Gasteiger partial charge in [-0.05, 0) is 63.1 Å². The first-order valence-corrected chi connectivity index (χ1v) is 9.02. The zero-order valence-corrected chi connectivity index (χ0v) is 15.8. The van der Waals surface area contributed by atoms with E-state index in [4.69, 9.17) is 12.2 Å². The lowest BCUT2D eigenvalue weighted by Gasteiger charge is -2.10. The van der Waals surface area contributed by atoms with Crippen molar-refractivity contribution in [2.24, 2.45) is 0 Å². The number of carbonyl (C=O) groups excluding carboxylic acids is 1. The van der Waals surface area contributed by atoms with E-state index in [-0.39, 0.29) is 5.91 Å². The molecule has 2 aromatic heterocycles. The molecule has 0 aromatic carbocycles. The van der Waals surface area contributed by atoms with Gasteiger partial charge in [-0.3, -0.25) is 9.69 Å². The molecule has 0 aliphatic carbocycles. The van der Waals surface area contributed by atoms with Gasteiger partial charge in [-0.1, -0.05) is 24.0 Å². The lowest BCUT2D eigenvalue weighted by atomic mass is 10.2. The van der Waals surface area contributed by atoms with Crippen LogP contribution in [0.15, 0.2) is 29.3 Å². The topological polar surface area (TPSA) is 38.1 Å². The van der Waals surface area contributed by atoms with Gasteiger partial charge in [0.2, 0.25) is 0 Å². The second-order valence-electron chi connectivity index (χ2n) is 5.78. The minimum Gasteiger partial charge on any atom is -0.303 e. The minimum absolute atomic E-state index is 0.00835. The molecule has 0 saturated carbocycles. The molecule has 1 aliphatic rings. The summed E-state index contributed by atoms with van der Waals surface area (Å²) in [6, 6.07) is 6.12. The average molecular weight is 358 g/mol. The fraction of sp³-hybridized carbons (Fsp3) is 0.278. The number of hydrogen-bond donors (Lipinski definition) is 0. The fourth-order valence-corrected chi connectivity index (χ4v) is 4.22. The number of amides is 1. The van der Waals surface area contributed by atoms with Crippen molar-refractivity contribution < 1.29 is 4.79 Å². The molecule has 6 heteroatoms. The number of rotatable bonds is 3. The van der Waals surface area contributed by atoms with Crippen LogP contribution in [-0.2, 0) is 4.79 Å². The van der Waals surface area contributed by atoms with Crippen molar-refractivity contribution in [2.75, 3.05) is 6.54 Å². The zero-order valence-electron chi connectivity index (χ0n) is 14.2. The van der Waals surface area contributed by atoms with Gasteiger partial charge in [0.25, 0.3) is 5.91 Å². The van der Waals surface area contributed by atoms with Gasteiger partial charge >= 0.3 is 0 Å². The highest BCUT2D eigenvalue weighted by Crippen LogP contribution is 2.33. The normalized spacial score (nSPS) is 16.5. The number of thiocarbonyl (C=S) groups is 1. The summed E-state index contributed by atoms with van der Waals surface area (Å²) < 4.78 is 2.74. The first-order valence-electron chi connectivity index (χ1n) is 7.79. The third-order valence-electron chi connectivity index (χ3n) is 4.08. The number of pyridine rings is 1. The predicted molar refractivity (Wildman–Crippen MR) is 103 cm³/mol. The van der Waals surface area contributed by atoms with Gasteiger partial charge in [0.05, 0.1) is 4.91 Å². The quantitative estimate of drug-likeness (QED) is 0.614. The van der Waals surface area contributed by atoms with Crippen molar-refractivity contribution in [2.45, 2.75) is 27.7 Å². The van der Waals surface area contributed by atoms with Gasteiger partial charge < -0.3 is 4.57 Å². The van der Waals surface area contributed by atoms with E-state index in [0.29, 0.717) is 15.8 Å². The van der Waals surface area contributed by atoms with E-state index in [1.54, 1.807) is 4.90 Å². The van der Waals surface area contributed by atoms with Crippen molar-refractivity contribution in [1.29, 1.82) is 0 Å². The number of thioether (sulfide) groups is 1. The minimum atomic E-state index is -0.00835. The molecule has 3 heterocycles. The Kier molecular flexibility index (Phi) is 4.60. The number of carbonyl (C=O) groups is 1. The molecular formula is C18H19N3OS2. The van der Waals surface area contributed by atoms with E-state index in [1.165, 1.54) is 11.8 Å². The van der Waals surface area contributed by atoms with Crippen molar-refractivity contribution in [3.8, 4) is 5.82 Å². The Morgan fingerprint density at radius 3 is 2.67 bits per heavy atom. The number of likely N-dealkylation sites (N-methyl/N-ethyl adjacent to an activating group) is 1. The van der Waals surface area contributed by atoms with Crippen LogP contribution < -0.4 is 0 Å². The zero-order chi connectivity index (χ0) is 17.4. The summed E-state index contributed by atoms with van der Waals surface area (Å²) in [6.45, 7) is 8.68. The molecule has 0 bridgehead atoms. The van der Waals surface area contributed by atoms with Gasteiger partial charge in [0.15, 0.2) is 0 Å². The molecule has 0 N–H and O–H groups in total. The van der Waals surface area contributed by atoms with Crippen molar-refractivity contribution in [1.82, 2.24) is 14.5 Å². The summed E-state index contributed by atoms with van der Waals surface area (Å²) >= 11 is 6.64. The van der Waals surface area contributed by atoms with Crippen LogP contribution in [0.1, 0.15) is 29.4 Å². The molecule has 0 spiro atoms. The monoisotopic (exact) mass is 357 g/mol. The smallest absolute Gasteiger partial charge is 0.266 e. The third-order valence-corrected chi connectivity index (χ3v) is 5.45. The molecule has 0 atom stereocenters. The Morgan fingerprint density at radius 2 is 2.04 bits per heavy atom. The van der Waals surface area contributed by atoms with E-state index in [0.717, 1.165) is 28.3 Å². The van der Waals surface area contributed by atoms with Crippen LogP contribution in [0.4, 0.5) is 0 Å². The standard InChI is InChI=1S/C18H19N3OS2/c1-5-20-17(22)15(24-18(20)23)10-14-9-12(3)21(13(14)4)16-8-11(2)6-7-19-16/h6-10H,5H2,1-4H3/b15-10-. The number of aryl methyl sites for hydroxylation is 2. The summed E-state index contributed by atoms with van der Waals surface area (Å²) in [6.07, 6.45) is 3.75. The Labute approximate surface area is 151 Å². The van der Waals surface area contributed by atoms with Gasteiger partial charge in [-0.15, -0.1) is 0 Å². The summed E-state index contributed by atoms with van der Waals surface area (Å²) in [5, 5.41) is 0. The van der Waals surface area contributed by atoms with Crippen molar-refractivity contribution >= 4 is 40.3 Å².